The number of hydrogen-bond acceptors (Lipinski definition) is 6. The van der Waals surface area contributed by atoms with Gasteiger partial charge in [-0.25, -0.2) is 0 Å². The Morgan fingerprint density at radius 3 is 2.56 bits per heavy atom. The lowest BCUT2D eigenvalue weighted by Gasteiger charge is -2.31. The monoisotopic (exact) mass is 494 g/mol. The number of alkyl halides is 3. The van der Waals surface area contributed by atoms with Gasteiger partial charge in [-0.2, -0.15) is 13.2 Å². The van der Waals surface area contributed by atoms with Gasteiger partial charge in [0.25, 0.3) is 0 Å². The predicted octanol–water partition coefficient (Wildman–Crippen LogP) is 4.00. The summed E-state index contributed by atoms with van der Waals surface area (Å²) in [5.41, 5.74) is 0.227. The van der Waals surface area contributed by atoms with Gasteiger partial charge in [0, 0.05) is 19.1 Å². The standard InChI is InChI=1S/C22H25F3N6O2S/c23-22(24,25)17-12-18(32)26-15-6-2-3-7-16(15)31(17)19(33)13-34-21-28-27-20(30(21)14-8-9-14)29-10-4-1-5-11-29/h2-3,6-7,14,17H,1,4-5,8-13H2,(H,26,32). The van der Waals surface area contributed by atoms with E-state index in [4.69, 9.17) is 0 Å². The third-order valence-electron chi connectivity index (χ3n) is 6.30. The third-order valence-corrected chi connectivity index (χ3v) is 7.22. The summed E-state index contributed by atoms with van der Waals surface area (Å²) in [6.45, 7) is 1.79. The van der Waals surface area contributed by atoms with Crippen LogP contribution in [0.25, 0.3) is 0 Å². The summed E-state index contributed by atoms with van der Waals surface area (Å²) in [4.78, 5) is 28.3. The maximum atomic E-state index is 13.9. The van der Waals surface area contributed by atoms with Crippen molar-refractivity contribution in [3.8, 4) is 0 Å². The van der Waals surface area contributed by atoms with Gasteiger partial charge in [-0.3, -0.25) is 19.1 Å². The van der Waals surface area contributed by atoms with E-state index >= 15 is 0 Å². The van der Waals surface area contributed by atoms with Crippen molar-refractivity contribution < 1.29 is 22.8 Å². The fourth-order valence-electron chi connectivity index (χ4n) is 4.52. The summed E-state index contributed by atoms with van der Waals surface area (Å²) in [5, 5.41) is 11.7. The van der Waals surface area contributed by atoms with E-state index in [2.05, 4.69) is 20.4 Å². The molecule has 182 valence electrons. The van der Waals surface area contributed by atoms with Gasteiger partial charge in [-0.15, -0.1) is 10.2 Å². The van der Waals surface area contributed by atoms with Crippen LogP contribution in [0.4, 0.5) is 30.5 Å². The first kappa shape index (κ1) is 23.0. The number of rotatable bonds is 5. The second-order valence-electron chi connectivity index (χ2n) is 8.81. The van der Waals surface area contributed by atoms with Gasteiger partial charge in [0.05, 0.1) is 23.5 Å². The highest BCUT2D eigenvalue weighted by molar-refractivity contribution is 7.99. The molecule has 1 saturated heterocycles. The van der Waals surface area contributed by atoms with Crippen molar-refractivity contribution in [1.29, 1.82) is 0 Å². The number of carbonyl (C=O) groups is 2. The number of aromatic nitrogens is 3. The van der Waals surface area contributed by atoms with Gasteiger partial charge in [0.1, 0.15) is 6.04 Å². The maximum absolute atomic E-state index is 13.9. The third kappa shape index (κ3) is 4.59. The molecule has 1 aliphatic carbocycles. The van der Waals surface area contributed by atoms with Crippen molar-refractivity contribution in [2.45, 2.75) is 61.9 Å². The first-order valence-corrected chi connectivity index (χ1v) is 12.4. The minimum absolute atomic E-state index is 0.0407. The topological polar surface area (TPSA) is 83.4 Å². The quantitative estimate of drug-likeness (QED) is 0.633. The first-order chi connectivity index (χ1) is 16.3. The number of nitrogens with one attached hydrogen (secondary N) is 1. The van der Waals surface area contributed by atoms with Crippen molar-refractivity contribution in [1.82, 2.24) is 14.8 Å². The Hall–Kier alpha value is -2.76. The van der Waals surface area contributed by atoms with Crippen molar-refractivity contribution in [2.75, 3.05) is 34.0 Å². The molecule has 0 bridgehead atoms. The Kier molecular flexibility index (Phi) is 6.17. The molecule has 1 saturated carbocycles. The maximum Gasteiger partial charge on any atom is 0.409 e. The summed E-state index contributed by atoms with van der Waals surface area (Å²) in [5.74, 6) is -0.987. The Balaban J connectivity index is 1.40. The first-order valence-electron chi connectivity index (χ1n) is 11.4. The molecule has 2 amide bonds. The van der Waals surface area contributed by atoms with E-state index in [1.54, 1.807) is 12.1 Å². The zero-order valence-corrected chi connectivity index (χ0v) is 19.2. The van der Waals surface area contributed by atoms with Crippen molar-refractivity contribution >= 4 is 40.9 Å². The molecule has 3 heterocycles. The summed E-state index contributed by atoms with van der Waals surface area (Å²) in [6, 6.07) is 4.08. The Morgan fingerprint density at radius 2 is 1.85 bits per heavy atom. The lowest BCUT2D eigenvalue weighted by atomic mass is 10.1. The zero-order chi connectivity index (χ0) is 23.9. The number of fused-ring (bicyclic) bond motifs is 1. The molecule has 1 N–H and O–H groups in total. The van der Waals surface area contributed by atoms with Crippen molar-refractivity contribution in [2.24, 2.45) is 0 Å². The minimum Gasteiger partial charge on any atom is -0.341 e. The van der Waals surface area contributed by atoms with Crippen LogP contribution >= 0.6 is 11.8 Å². The molecule has 1 unspecified atom stereocenters. The molecule has 0 spiro atoms. The second-order valence-corrected chi connectivity index (χ2v) is 9.75. The van der Waals surface area contributed by atoms with Crippen LogP contribution in [0.3, 0.4) is 0 Å². The normalized spacial score (nSPS) is 21.1. The number of amides is 2. The smallest absolute Gasteiger partial charge is 0.341 e. The molecule has 1 aromatic carbocycles. The highest BCUT2D eigenvalue weighted by Crippen LogP contribution is 2.42. The Bertz CT molecular complexity index is 1080. The van der Waals surface area contributed by atoms with Crippen LogP contribution in [-0.2, 0) is 9.59 Å². The average Bonchev–Trinajstić information content (AvgIpc) is 3.59. The molecule has 5 rings (SSSR count). The lowest BCUT2D eigenvalue weighted by molar-refractivity contribution is -0.157. The molecular weight excluding hydrogens is 469 g/mol. The van der Waals surface area contributed by atoms with Crippen molar-refractivity contribution in [3.05, 3.63) is 24.3 Å². The summed E-state index contributed by atoms with van der Waals surface area (Å²) < 4.78 is 43.8. The summed E-state index contributed by atoms with van der Waals surface area (Å²) >= 11 is 1.10. The number of carbonyl (C=O) groups excluding carboxylic acids is 2. The number of thioether (sulfide) groups is 1. The van der Waals surface area contributed by atoms with E-state index in [0.29, 0.717) is 10.1 Å². The Labute approximate surface area is 198 Å². The van der Waals surface area contributed by atoms with Gasteiger partial charge < -0.3 is 10.2 Å². The van der Waals surface area contributed by atoms with Crippen LogP contribution in [0, 0.1) is 0 Å². The number of nitrogens with zero attached hydrogens (tertiary/aromatic N) is 5. The number of para-hydroxylation sites is 2. The number of piperidine rings is 1. The average molecular weight is 495 g/mol. The van der Waals surface area contributed by atoms with E-state index in [0.717, 1.165) is 56.5 Å². The lowest BCUT2D eigenvalue weighted by Crippen LogP contribution is -2.50. The molecule has 1 aromatic heterocycles. The highest BCUT2D eigenvalue weighted by Gasteiger charge is 2.49. The molecule has 0 radical (unpaired) electrons. The molecule has 1 atom stereocenters. The molecule has 3 aliphatic rings. The van der Waals surface area contributed by atoms with Crippen molar-refractivity contribution in [3.63, 3.8) is 0 Å². The van der Waals surface area contributed by atoms with E-state index in [1.807, 2.05) is 4.57 Å². The highest BCUT2D eigenvalue weighted by atomic mass is 32.2. The van der Waals surface area contributed by atoms with Gasteiger partial charge in [0.2, 0.25) is 17.8 Å². The largest absolute Gasteiger partial charge is 0.409 e. The van der Waals surface area contributed by atoms with Crippen LogP contribution in [0.15, 0.2) is 29.4 Å². The van der Waals surface area contributed by atoms with Gasteiger partial charge in [0.15, 0.2) is 5.16 Å². The van der Waals surface area contributed by atoms with Gasteiger partial charge in [-0.05, 0) is 44.2 Å². The number of anilines is 3. The number of halogens is 3. The fourth-order valence-corrected chi connectivity index (χ4v) is 5.38. The second kappa shape index (κ2) is 9.12. The summed E-state index contributed by atoms with van der Waals surface area (Å²) in [7, 11) is 0. The van der Waals surface area contributed by atoms with Crippen LogP contribution in [-0.4, -0.2) is 57.6 Å². The number of benzene rings is 1. The zero-order valence-electron chi connectivity index (χ0n) is 18.4. The minimum atomic E-state index is -4.76. The van der Waals surface area contributed by atoms with E-state index < -0.39 is 30.5 Å². The van der Waals surface area contributed by atoms with Crippen LogP contribution in [0.2, 0.25) is 0 Å². The molecule has 34 heavy (non-hydrogen) atoms. The SMILES string of the molecule is O=C1CC(C(F)(F)F)N(C(=O)CSc2nnc(N3CCCCC3)n2C2CC2)c2ccccc2N1. The van der Waals surface area contributed by atoms with E-state index in [-0.39, 0.29) is 23.2 Å². The molecule has 2 aliphatic heterocycles. The van der Waals surface area contributed by atoms with Gasteiger partial charge in [-0.1, -0.05) is 23.9 Å². The molecular formula is C22H25F3N6O2S. The fraction of sp³-hybridized carbons (Fsp3) is 0.545. The van der Waals surface area contributed by atoms with E-state index in [1.165, 1.54) is 18.6 Å². The molecule has 2 fully saturated rings. The van der Waals surface area contributed by atoms with Crippen LogP contribution in [0.5, 0.6) is 0 Å². The summed E-state index contributed by atoms with van der Waals surface area (Å²) in [6.07, 6.45) is -0.291. The molecule has 8 nitrogen and oxygen atoms in total. The van der Waals surface area contributed by atoms with Gasteiger partial charge >= 0.3 is 6.18 Å². The predicted molar refractivity (Wildman–Crippen MR) is 122 cm³/mol. The Morgan fingerprint density at radius 1 is 1.12 bits per heavy atom. The molecule has 2 aromatic rings. The van der Waals surface area contributed by atoms with E-state index in [9.17, 15) is 22.8 Å². The molecule has 12 heteroatoms. The van der Waals surface area contributed by atoms with Crippen LogP contribution < -0.4 is 15.1 Å². The number of hydrogen-bond donors (Lipinski definition) is 1. The van der Waals surface area contributed by atoms with Crippen LogP contribution in [0.1, 0.15) is 44.6 Å².